The summed E-state index contributed by atoms with van der Waals surface area (Å²) < 4.78 is 4.98. The van der Waals surface area contributed by atoms with Crippen molar-refractivity contribution >= 4 is 11.6 Å². The molecule has 0 radical (unpaired) electrons. The molecular formula is C14H20N2O5. The highest BCUT2D eigenvalue weighted by Gasteiger charge is 2.26. The summed E-state index contributed by atoms with van der Waals surface area (Å²) in [4.78, 5) is 24.2. The van der Waals surface area contributed by atoms with Crippen LogP contribution in [0.5, 0.6) is 5.75 Å². The molecule has 1 atom stereocenters. The van der Waals surface area contributed by atoms with Crippen LogP contribution in [0, 0.1) is 10.1 Å². The third-order valence-corrected chi connectivity index (χ3v) is 3.36. The first-order chi connectivity index (χ1) is 9.93. The Kier molecular flexibility index (Phi) is 6.10. The number of ether oxygens (including phenoxy) is 1. The Morgan fingerprint density at radius 1 is 1.52 bits per heavy atom. The van der Waals surface area contributed by atoms with Crippen molar-refractivity contribution in [3.05, 3.63) is 33.9 Å². The van der Waals surface area contributed by atoms with E-state index >= 15 is 0 Å². The number of nitro benzene ring substituents is 1. The molecule has 0 bridgehead atoms. The third kappa shape index (κ3) is 3.91. The summed E-state index contributed by atoms with van der Waals surface area (Å²) in [7, 11) is 1.53. The Labute approximate surface area is 123 Å². The second kappa shape index (κ2) is 7.58. The number of amides is 1. The van der Waals surface area contributed by atoms with Crippen LogP contribution in [-0.2, 0) is 4.74 Å². The Morgan fingerprint density at radius 2 is 2.19 bits per heavy atom. The number of phenolic OH excluding ortho intramolecular Hbond substituents is 1. The number of rotatable bonds is 7. The molecule has 0 aliphatic heterocycles. The summed E-state index contributed by atoms with van der Waals surface area (Å²) in [5.41, 5.74) is -0.544. The zero-order valence-electron chi connectivity index (χ0n) is 12.4. The van der Waals surface area contributed by atoms with E-state index in [0.29, 0.717) is 13.2 Å². The molecule has 0 saturated carbocycles. The Bertz CT molecular complexity index is 518. The number of para-hydroxylation sites is 1. The predicted octanol–water partition coefficient (Wildman–Crippen LogP) is 2.19. The fourth-order valence-corrected chi connectivity index (χ4v) is 1.94. The van der Waals surface area contributed by atoms with Gasteiger partial charge in [-0.2, -0.15) is 0 Å². The lowest BCUT2D eigenvalue weighted by atomic mass is 10.1. The molecule has 116 valence electrons. The number of nitrogens with zero attached hydrogens (tertiary/aromatic N) is 2. The van der Waals surface area contributed by atoms with Gasteiger partial charge in [0.25, 0.3) is 5.91 Å². The largest absolute Gasteiger partial charge is 0.502 e. The van der Waals surface area contributed by atoms with Gasteiger partial charge < -0.3 is 14.7 Å². The number of benzene rings is 1. The van der Waals surface area contributed by atoms with Gasteiger partial charge in [-0.15, -0.1) is 0 Å². The monoisotopic (exact) mass is 296 g/mol. The first-order valence-corrected chi connectivity index (χ1v) is 6.70. The van der Waals surface area contributed by atoms with Crippen LogP contribution in [0.25, 0.3) is 0 Å². The van der Waals surface area contributed by atoms with Gasteiger partial charge in [0, 0.05) is 25.8 Å². The molecule has 7 nitrogen and oxygen atoms in total. The lowest BCUT2D eigenvalue weighted by Gasteiger charge is -2.28. The maximum atomic E-state index is 12.5. The molecule has 1 aromatic carbocycles. The Hall–Kier alpha value is -2.15. The van der Waals surface area contributed by atoms with E-state index in [4.69, 9.17) is 4.74 Å². The van der Waals surface area contributed by atoms with E-state index in [1.807, 2.05) is 13.8 Å². The zero-order valence-corrected chi connectivity index (χ0v) is 12.4. The van der Waals surface area contributed by atoms with Gasteiger partial charge in [-0.1, -0.05) is 13.0 Å². The molecule has 0 aromatic heterocycles. The van der Waals surface area contributed by atoms with Crippen LogP contribution in [-0.4, -0.2) is 47.1 Å². The second-order valence-corrected chi connectivity index (χ2v) is 4.68. The molecule has 0 heterocycles. The van der Waals surface area contributed by atoms with E-state index in [1.165, 1.54) is 19.2 Å². The molecule has 1 aromatic rings. The number of carbonyl (C=O) groups is 1. The minimum Gasteiger partial charge on any atom is -0.502 e. The molecule has 0 saturated heterocycles. The number of methoxy groups -OCH3 is 1. The average molecular weight is 296 g/mol. The third-order valence-electron chi connectivity index (χ3n) is 3.36. The Balaban J connectivity index is 3.14. The molecule has 1 rings (SSSR count). The van der Waals surface area contributed by atoms with Gasteiger partial charge in [0.1, 0.15) is 0 Å². The normalized spacial score (nSPS) is 12.0. The zero-order chi connectivity index (χ0) is 16.0. The van der Waals surface area contributed by atoms with Crippen LogP contribution >= 0.6 is 0 Å². The summed E-state index contributed by atoms with van der Waals surface area (Å²) in [5, 5.41) is 20.8. The number of hydrogen-bond acceptors (Lipinski definition) is 5. The van der Waals surface area contributed by atoms with Crippen molar-refractivity contribution in [1.82, 2.24) is 4.90 Å². The number of carbonyl (C=O) groups excluding carboxylic acids is 1. The predicted molar refractivity (Wildman–Crippen MR) is 77.4 cm³/mol. The molecule has 21 heavy (non-hydrogen) atoms. The smallest absolute Gasteiger partial charge is 0.311 e. The van der Waals surface area contributed by atoms with Crippen molar-refractivity contribution in [1.29, 1.82) is 0 Å². The van der Waals surface area contributed by atoms with Gasteiger partial charge in [0.2, 0.25) is 5.75 Å². The van der Waals surface area contributed by atoms with Gasteiger partial charge in [-0.05, 0) is 19.4 Å². The fourth-order valence-electron chi connectivity index (χ4n) is 1.94. The van der Waals surface area contributed by atoms with Crippen LogP contribution in [0.15, 0.2) is 18.2 Å². The van der Waals surface area contributed by atoms with Crippen molar-refractivity contribution in [3.63, 3.8) is 0 Å². The van der Waals surface area contributed by atoms with Crippen molar-refractivity contribution < 1.29 is 19.6 Å². The van der Waals surface area contributed by atoms with E-state index in [2.05, 4.69) is 0 Å². The molecule has 1 amide bonds. The summed E-state index contributed by atoms with van der Waals surface area (Å²) >= 11 is 0. The maximum absolute atomic E-state index is 12.5. The highest BCUT2D eigenvalue weighted by molar-refractivity contribution is 5.98. The Morgan fingerprint density at radius 3 is 2.71 bits per heavy atom. The highest BCUT2D eigenvalue weighted by atomic mass is 16.6. The highest BCUT2D eigenvalue weighted by Crippen LogP contribution is 2.30. The SMILES string of the molecule is CCC(C)N(CCOC)C(=O)c1cccc([N+](=O)[O-])c1O. The van der Waals surface area contributed by atoms with Gasteiger partial charge >= 0.3 is 5.69 Å². The van der Waals surface area contributed by atoms with Gasteiger partial charge in [-0.25, -0.2) is 0 Å². The summed E-state index contributed by atoms with van der Waals surface area (Å²) in [6.07, 6.45) is 0.727. The van der Waals surface area contributed by atoms with E-state index < -0.39 is 22.3 Å². The first kappa shape index (κ1) is 16.9. The lowest BCUT2D eigenvalue weighted by molar-refractivity contribution is -0.385. The topological polar surface area (TPSA) is 92.9 Å². The molecule has 1 unspecified atom stereocenters. The number of hydrogen-bond donors (Lipinski definition) is 1. The maximum Gasteiger partial charge on any atom is 0.311 e. The summed E-state index contributed by atoms with van der Waals surface area (Å²) in [5.74, 6) is -1.04. The average Bonchev–Trinajstić information content (AvgIpc) is 2.46. The minimum absolute atomic E-state index is 0.0636. The standard InChI is InChI=1S/C14H20N2O5/c1-4-10(2)15(8-9-21-3)14(18)11-6-5-7-12(13(11)17)16(19)20/h5-7,10,17H,4,8-9H2,1-3H3. The molecular weight excluding hydrogens is 276 g/mol. The van der Waals surface area contributed by atoms with Crippen molar-refractivity contribution in [2.45, 2.75) is 26.3 Å². The number of nitro groups is 1. The molecule has 0 aliphatic rings. The number of aromatic hydroxyl groups is 1. The van der Waals surface area contributed by atoms with Crippen LogP contribution in [0.2, 0.25) is 0 Å². The van der Waals surface area contributed by atoms with Crippen molar-refractivity contribution in [3.8, 4) is 5.75 Å². The van der Waals surface area contributed by atoms with E-state index in [1.54, 1.807) is 4.90 Å². The summed E-state index contributed by atoms with van der Waals surface area (Å²) in [6.45, 7) is 4.52. The lowest BCUT2D eigenvalue weighted by Crippen LogP contribution is -2.40. The van der Waals surface area contributed by atoms with Crippen LogP contribution in [0.4, 0.5) is 5.69 Å². The molecule has 0 fully saturated rings. The quantitative estimate of drug-likeness (QED) is 0.615. The van der Waals surface area contributed by atoms with Gasteiger partial charge in [0.15, 0.2) is 0 Å². The van der Waals surface area contributed by atoms with Crippen molar-refractivity contribution in [2.24, 2.45) is 0 Å². The van der Waals surface area contributed by atoms with E-state index in [9.17, 15) is 20.0 Å². The summed E-state index contributed by atoms with van der Waals surface area (Å²) in [6, 6.07) is 3.86. The van der Waals surface area contributed by atoms with Crippen LogP contribution in [0.3, 0.4) is 0 Å². The fraction of sp³-hybridized carbons (Fsp3) is 0.500. The second-order valence-electron chi connectivity index (χ2n) is 4.68. The van der Waals surface area contributed by atoms with Crippen LogP contribution in [0.1, 0.15) is 30.6 Å². The molecule has 7 heteroatoms. The molecule has 1 N–H and O–H groups in total. The first-order valence-electron chi connectivity index (χ1n) is 6.70. The van der Waals surface area contributed by atoms with E-state index in [-0.39, 0.29) is 11.6 Å². The molecule has 0 aliphatic carbocycles. The van der Waals surface area contributed by atoms with Crippen molar-refractivity contribution in [2.75, 3.05) is 20.3 Å². The minimum atomic E-state index is -0.713. The van der Waals surface area contributed by atoms with Crippen LogP contribution < -0.4 is 0 Å². The van der Waals surface area contributed by atoms with Gasteiger partial charge in [-0.3, -0.25) is 14.9 Å². The molecule has 0 spiro atoms. The van der Waals surface area contributed by atoms with Gasteiger partial charge in [0.05, 0.1) is 17.1 Å². The van der Waals surface area contributed by atoms with E-state index in [0.717, 1.165) is 12.5 Å². The number of phenols is 1.